The molecule has 6 N–H and O–H groups in total. The second kappa shape index (κ2) is 17.7. The smallest absolute Gasteiger partial charge is 0.328 e. The molecule has 2 aromatic rings. The summed E-state index contributed by atoms with van der Waals surface area (Å²) in [5.74, 6) is -2.85. The number of nitrogens with two attached hydrogens (primary N) is 1. The molecule has 3 amide bonds. The number of rotatable bonds is 16. The lowest BCUT2D eigenvalue weighted by atomic mass is 9.91. The van der Waals surface area contributed by atoms with E-state index in [9.17, 15) is 19.2 Å². The summed E-state index contributed by atoms with van der Waals surface area (Å²) >= 11 is 0. The van der Waals surface area contributed by atoms with Crippen molar-refractivity contribution in [1.82, 2.24) is 21.3 Å². The number of hydrogen-bond donors (Lipinski definition) is 5. The highest BCUT2D eigenvalue weighted by atomic mass is 16.5. The van der Waals surface area contributed by atoms with Crippen LogP contribution in [0.5, 0.6) is 0 Å². The molecule has 2 unspecified atom stereocenters. The van der Waals surface area contributed by atoms with Crippen LogP contribution in [0.3, 0.4) is 0 Å². The molecule has 0 aliphatic heterocycles. The fourth-order valence-corrected chi connectivity index (χ4v) is 5.12. The van der Waals surface area contributed by atoms with Crippen molar-refractivity contribution in [3.63, 3.8) is 0 Å². The lowest BCUT2D eigenvalue weighted by molar-refractivity contribution is -0.147. The van der Waals surface area contributed by atoms with Gasteiger partial charge in [-0.1, -0.05) is 116 Å². The molecule has 0 bridgehead atoms. The summed E-state index contributed by atoms with van der Waals surface area (Å²) in [4.78, 5) is 53.0. The Hall–Kier alpha value is -3.76. The van der Waals surface area contributed by atoms with Crippen molar-refractivity contribution < 1.29 is 23.9 Å². The molecule has 10 heteroatoms. The van der Waals surface area contributed by atoms with Gasteiger partial charge >= 0.3 is 5.97 Å². The number of esters is 1. The molecule has 2 rings (SSSR count). The molecule has 0 radical (unpaired) electrons. The van der Waals surface area contributed by atoms with E-state index in [0.29, 0.717) is 0 Å². The zero-order valence-electron chi connectivity index (χ0n) is 28.2. The van der Waals surface area contributed by atoms with Gasteiger partial charge in [0.1, 0.15) is 18.1 Å². The van der Waals surface area contributed by atoms with Gasteiger partial charge in [0.15, 0.2) is 0 Å². The minimum atomic E-state index is -0.938. The van der Waals surface area contributed by atoms with Crippen molar-refractivity contribution in [3.8, 4) is 0 Å². The Labute approximate surface area is 268 Å². The van der Waals surface area contributed by atoms with Crippen LogP contribution in [0.1, 0.15) is 78.6 Å². The highest BCUT2D eigenvalue weighted by Gasteiger charge is 2.36. The molecule has 0 fully saturated rings. The Bertz CT molecular complexity index is 1240. The first-order chi connectivity index (χ1) is 21.2. The molecule has 0 aromatic heterocycles. The van der Waals surface area contributed by atoms with Gasteiger partial charge in [-0.05, 0) is 34.8 Å². The third kappa shape index (κ3) is 10.7. The van der Waals surface area contributed by atoms with E-state index < -0.39 is 54.0 Å². The Morgan fingerprint density at radius 3 is 1.29 bits per heavy atom. The molecule has 0 aliphatic rings. The second-order valence-corrected chi connectivity index (χ2v) is 12.9. The first-order valence-corrected chi connectivity index (χ1v) is 15.8. The lowest BCUT2D eigenvalue weighted by Gasteiger charge is -2.33. The van der Waals surface area contributed by atoms with Gasteiger partial charge in [0.2, 0.25) is 17.7 Å². The van der Waals surface area contributed by atoms with Crippen LogP contribution in [0, 0.1) is 23.7 Å². The average Bonchev–Trinajstić information content (AvgIpc) is 3.00. The normalized spacial score (nSPS) is 15.6. The molecular formula is C35H53N5O5. The van der Waals surface area contributed by atoms with E-state index in [1.54, 1.807) is 27.7 Å². The molecule has 10 nitrogen and oxygen atoms in total. The van der Waals surface area contributed by atoms with E-state index in [-0.39, 0.29) is 29.6 Å². The van der Waals surface area contributed by atoms with E-state index >= 15 is 0 Å². The van der Waals surface area contributed by atoms with Crippen molar-refractivity contribution in [1.29, 1.82) is 0 Å². The van der Waals surface area contributed by atoms with Crippen molar-refractivity contribution in [2.45, 2.75) is 91.6 Å². The highest BCUT2D eigenvalue weighted by Crippen LogP contribution is 2.28. The average molecular weight is 624 g/mol. The number of benzene rings is 2. The van der Waals surface area contributed by atoms with Crippen molar-refractivity contribution in [2.24, 2.45) is 29.4 Å². The first-order valence-electron chi connectivity index (χ1n) is 15.8. The lowest BCUT2D eigenvalue weighted by Crippen LogP contribution is -2.61. The standard InChI is InChI=1S/C35H53N5O5/c1-20(2)27(37-31(25-18-14-11-15-19-25)26(36)24-16-12-10-13-17-24)32(41)38-28(21(3)4)33(42)39-29(22(5)6)34(43)40-30(23(7)8)35(44)45-9/h10-23,26-31,37H,36H2,1-9H3,(H,38,41)(H,39,42)(H,40,43)/t26?,27-,28-,29-,30-,31?/m0/s1. The summed E-state index contributed by atoms with van der Waals surface area (Å²) in [7, 11) is 1.26. The van der Waals surface area contributed by atoms with E-state index in [0.717, 1.165) is 11.1 Å². The summed E-state index contributed by atoms with van der Waals surface area (Å²) in [6.45, 7) is 14.7. The van der Waals surface area contributed by atoms with Crippen LogP contribution >= 0.6 is 0 Å². The third-order valence-corrected chi connectivity index (χ3v) is 7.92. The van der Waals surface area contributed by atoms with Gasteiger partial charge in [0, 0.05) is 6.04 Å². The van der Waals surface area contributed by atoms with Crippen LogP contribution in [0.25, 0.3) is 0 Å². The summed E-state index contributed by atoms with van der Waals surface area (Å²) in [6, 6.07) is 15.2. The number of hydrogen-bond acceptors (Lipinski definition) is 7. The van der Waals surface area contributed by atoms with Gasteiger partial charge in [-0.3, -0.25) is 19.7 Å². The van der Waals surface area contributed by atoms with Gasteiger partial charge in [-0.25, -0.2) is 4.79 Å². The second-order valence-electron chi connectivity index (χ2n) is 12.9. The summed E-state index contributed by atoms with van der Waals surface area (Å²) in [5.41, 5.74) is 8.64. The topological polar surface area (TPSA) is 152 Å². The van der Waals surface area contributed by atoms with E-state index in [4.69, 9.17) is 10.5 Å². The van der Waals surface area contributed by atoms with Gasteiger partial charge in [0.05, 0.1) is 19.2 Å². The predicted molar refractivity (Wildman–Crippen MR) is 177 cm³/mol. The number of methoxy groups -OCH3 is 1. The molecular weight excluding hydrogens is 570 g/mol. The van der Waals surface area contributed by atoms with Crippen LogP contribution < -0.4 is 27.0 Å². The molecule has 2 aromatic carbocycles. The third-order valence-electron chi connectivity index (χ3n) is 7.92. The van der Waals surface area contributed by atoms with Crippen molar-refractivity contribution in [3.05, 3.63) is 71.8 Å². The molecule has 0 aliphatic carbocycles. The maximum absolute atomic E-state index is 13.9. The molecule has 0 saturated heterocycles. The van der Waals surface area contributed by atoms with E-state index in [2.05, 4.69) is 21.3 Å². The zero-order chi connectivity index (χ0) is 33.8. The molecule has 0 spiro atoms. The SMILES string of the molecule is COC(=O)[C@@H](NC(=O)[C@@H](NC(=O)[C@@H](NC(=O)[C@@H](NC(c1ccccc1)C(N)c1ccccc1)C(C)C)C(C)C)C(C)C)C(C)C. The minimum absolute atomic E-state index is 0.143. The van der Waals surface area contributed by atoms with Gasteiger partial charge in [-0.15, -0.1) is 0 Å². The number of nitrogens with one attached hydrogen (secondary N) is 4. The van der Waals surface area contributed by atoms with Crippen molar-refractivity contribution in [2.75, 3.05) is 7.11 Å². The summed E-state index contributed by atoms with van der Waals surface area (Å²) in [6.07, 6.45) is 0. The van der Waals surface area contributed by atoms with Gasteiger partial charge in [-0.2, -0.15) is 0 Å². The van der Waals surface area contributed by atoms with Gasteiger partial charge < -0.3 is 26.4 Å². The number of carbonyl (C=O) groups is 4. The van der Waals surface area contributed by atoms with Crippen LogP contribution in [0.4, 0.5) is 0 Å². The van der Waals surface area contributed by atoms with Crippen molar-refractivity contribution >= 4 is 23.7 Å². The summed E-state index contributed by atoms with van der Waals surface area (Å²) < 4.78 is 4.84. The quantitative estimate of drug-likeness (QED) is 0.179. The highest BCUT2D eigenvalue weighted by molar-refractivity contribution is 5.94. The fraction of sp³-hybridized carbons (Fsp3) is 0.543. The molecule has 0 heterocycles. The Balaban J connectivity index is 2.29. The van der Waals surface area contributed by atoms with E-state index in [1.807, 2.05) is 88.4 Å². The van der Waals surface area contributed by atoms with Gasteiger partial charge in [0.25, 0.3) is 0 Å². The largest absolute Gasteiger partial charge is 0.467 e. The maximum atomic E-state index is 13.9. The van der Waals surface area contributed by atoms with Crippen LogP contribution in [0.2, 0.25) is 0 Å². The van der Waals surface area contributed by atoms with E-state index in [1.165, 1.54) is 7.11 Å². The fourth-order valence-electron chi connectivity index (χ4n) is 5.12. The number of amides is 3. The Morgan fingerprint density at radius 2 is 0.911 bits per heavy atom. The zero-order valence-corrected chi connectivity index (χ0v) is 28.2. The van der Waals surface area contributed by atoms with Crippen LogP contribution in [-0.4, -0.2) is 55.0 Å². The molecule has 248 valence electrons. The Morgan fingerprint density at radius 1 is 0.556 bits per heavy atom. The Kier molecular flexibility index (Phi) is 14.7. The minimum Gasteiger partial charge on any atom is -0.467 e. The molecule has 45 heavy (non-hydrogen) atoms. The van der Waals surface area contributed by atoms with Crippen LogP contribution in [0.15, 0.2) is 60.7 Å². The molecule has 6 atom stereocenters. The molecule has 0 saturated carbocycles. The number of ether oxygens (including phenoxy) is 1. The predicted octanol–water partition coefficient (Wildman–Crippen LogP) is 3.64. The first kappa shape index (κ1) is 37.4. The number of carbonyl (C=O) groups excluding carboxylic acids is 4. The summed E-state index contributed by atoms with van der Waals surface area (Å²) in [5, 5.41) is 12.0. The van der Waals surface area contributed by atoms with Crippen LogP contribution in [-0.2, 0) is 23.9 Å². The monoisotopic (exact) mass is 623 g/mol. The maximum Gasteiger partial charge on any atom is 0.328 e.